The molecule has 0 unspecified atom stereocenters. The number of aromatic nitrogens is 1. The first-order chi connectivity index (χ1) is 13.5. The van der Waals surface area contributed by atoms with Crippen LogP contribution in [0.15, 0.2) is 72.9 Å². The van der Waals surface area contributed by atoms with E-state index in [2.05, 4.69) is 4.98 Å². The van der Waals surface area contributed by atoms with Crippen LogP contribution in [-0.4, -0.2) is 17.2 Å². The lowest BCUT2D eigenvalue weighted by Crippen LogP contribution is -2.50. The Bertz CT molecular complexity index is 946. The predicted octanol–water partition coefficient (Wildman–Crippen LogP) is 5.19. The molecule has 0 N–H and O–H groups in total. The van der Waals surface area contributed by atoms with Gasteiger partial charge in [0, 0.05) is 30.0 Å². The lowest BCUT2D eigenvalue weighted by molar-refractivity contribution is -0.113. The van der Waals surface area contributed by atoms with Gasteiger partial charge in [0.05, 0.1) is 5.69 Å². The number of ether oxygens (including phenoxy) is 1. The van der Waals surface area contributed by atoms with E-state index in [4.69, 9.17) is 4.74 Å². The van der Waals surface area contributed by atoms with Crippen LogP contribution in [0.4, 0.5) is 8.78 Å². The van der Waals surface area contributed by atoms with Gasteiger partial charge in [-0.2, -0.15) is 0 Å². The molecule has 0 bridgehead atoms. The largest absolute Gasteiger partial charge is 0.487 e. The normalized spacial score (nSPS) is 16.8. The molecule has 1 heterocycles. The van der Waals surface area contributed by atoms with Gasteiger partial charge in [-0.1, -0.05) is 42.5 Å². The summed E-state index contributed by atoms with van der Waals surface area (Å²) in [5.74, 6) is -2.02. The Hall–Kier alpha value is -3.08. The number of pyridine rings is 1. The summed E-state index contributed by atoms with van der Waals surface area (Å²) in [5.41, 5.74) is 2.22. The van der Waals surface area contributed by atoms with Crippen molar-refractivity contribution < 1.29 is 18.3 Å². The number of carbonyl (C=O) groups is 1. The highest BCUT2D eigenvalue weighted by Crippen LogP contribution is 2.57. The quantitative estimate of drug-likeness (QED) is 0.554. The van der Waals surface area contributed by atoms with Crippen LogP contribution in [0.2, 0.25) is 0 Å². The second-order valence-electron chi connectivity index (χ2n) is 7.17. The van der Waals surface area contributed by atoms with Crippen molar-refractivity contribution >= 4 is 6.29 Å². The Morgan fingerprint density at radius 1 is 0.929 bits per heavy atom. The molecule has 1 aliphatic carbocycles. The molecule has 1 fully saturated rings. The molecule has 1 aliphatic rings. The van der Waals surface area contributed by atoms with E-state index >= 15 is 0 Å². The molecule has 3 aromatic rings. The molecule has 0 atom stereocenters. The fraction of sp³-hybridized carbons (Fsp3) is 0.217. The molecule has 0 aliphatic heterocycles. The molecule has 2 aromatic carbocycles. The zero-order chi connectivity index (χ0) is 19.6. The highest BCUT2D eigenvalue weighted by molar-refractivity contribution is 5.74. The topological polar surface area (TPSA) is 39.2 Å². The Morgan fingerprint density at radius 2 is 1.57 bits per heavy atom. The summed E-state index contributed by atoms with van der Waals surface area (Å²) in [6.07, 6.45) is 1.97. The smallest absolute Gasteiger partial charge is 0.250 e. The van der Waals surface area contributed by atoms with Crippen molar-refractivity contribution in [1.29, 1.82) is 0 Å². The van der Waals surface area contributed by atoms with Crippen molar-refractivity contribution in [2.45, 2.75) is 30.8 Å². The molecule has 0 spiro atoms. The van der Waals surface area contributed by atoms with Gasteiger partial charge in [0.2, 0.25) is 0 Å². The maximum Gasteiger partial charge on any atom is 0.250 e. The summed E-state index contributed by atoms with van der Waals surface area (Å²) < 4.78 is 33.4. The van der Waals surface area contributed by atoms with Crippen LogP contribution in [0.25, 0.3) is 0 Å². The van der Waals surface area contributed by atoms with E-state index in [-0.39, 0.29) is 12.8 Å². The molecule has 3 nitrogen and oxygen atoms in total. The summed E-state index contributed by atoms with van der Waals surface area (Å²) in [6.45, 7) is 0.344. The molecule has 5 heteroatoms. The maximum atomic E-state index is 13.8. The van der Waals surface area contributed by atoms with Crippen LogP contribution in [-0.2, 0) is 12.0 Å². The van der Waals surface area contributed by atoms with Crippen molar-refractivity contribution in [3.8, 4) is 5.75 Å². The molecular formula is C23H19F2NO2. The number of rotatable bonds is 6. The average molecular weight is 379 g/mol. The van der Waals surface area contributed by atoms with Gasteiger partial charge in [-0.25, -0.2) is 8.78 Å². The molecule has 1 saturated carbocycles. The summed E-state index contributed by atoms with van der Waals surface area (Å²) in [5, 5.41) is 0. The fourth-order valence-corrected chi connectivity index (χ4v) is 3.80. The van der Waals surface area contributed by atoms with Gasteiger partial charge in [0.25, 0.3) is 5.92 Å². The van der Waals surface area contributed by atoms with Crippen LogP contribution >= 0.6 is 0 Å². The number of halogens is 2. The van der Waals surface area contributed by atoms with Crippen molar-refractivity contribution in [2.24, 2.45) is 0 Å². The molecule has 28 heavy (non-hydrogen) atoms. The molecule has 142 valence electrons. The van der Waals surface area contributed by atoms with Gasteiger partial charge in [-0.3, -0.25) is 9.78 Å². The van der Waals surface area contributed by atoms with Crippen LogP contribution in [0.5, 0.6) is 5.75 Å². The number of hydrogen-bond acceptors (Lipinski definition) is 3. The number of benzene rings is 2. The fourth-order valence-electron chi connectivity index (χ4n) is 3.80. The number of carbonyl (C=O) groups excluding carboxylic acids is 1. The van der Waals surface area contributed by atoms with E-state index < -0.39 is 11.3 Å². The second kappa shape index (κ2) is 7.15. The maximum absolute atomic E-state index is 13.8. The van der Waals surface area contributed by atoms with Crippen LogP contribution in [0.1, 0.15) is 40.0 Å². The number of alkyl halides is 2. The highest BCUT2D eigenvalue weighted by atomic mass is 19.3. The van der Waals surface area contributed by atoms with Gasteiger partial charge in [-0.05, 0) is 35.4 Å². The Balaban J connectivity index is 1.56. The Morgan fingerprint density at radius 3 is 2.11 bits per heavy atom. The molecule has 0 saturated heterocycles. The number of nitrogens with zero attached hydrogens (tertiary/aromatic N) is 1. The molecular weight excluding hydrogens is 360 g/mol. The van der Waals surface area contributed by atoms with E-state index in [1.807, 2.05) is 30.3 Å². The minimum Gasteiger partial charge on any atom is -0.487 e. The summed E-state index contributed by atoms with van der Waals surface area (Å²) in [4.78, 5) is 15.1. The highest BCUT2D eigenvalue weighted by Gasteiger charge is 2.58. The zero-order valence-electron chi connectivity index (χ0n) is 15.1. The Labute approximate surface area is 162 Å². The van der Waals surface area contributed by atoms with Crippen molar-refractivity contribution in [2.75, 3.05) is 0 Å². The standard InChI is InChI=1S/C23H19F2NO2/c24-23(25)15-22(16-23,18-6-4-17(13-27)5-7-18)19-8-10-21(11-9-19)28-14-20-3-1-2-12-26-20/h1-13H,14-16H2. The first-order valence-corrected chi connectivity index (χ1v) is 9.08. The SMILES string of the molecule is O=Cc1ccc(C2(c3ccc(OCc4ccccn4)cc3)CC(F)(F)C2)cc1. The molecule has 0 radical (unpaired) electrons. The zero-order valence-corrected chi connectivity index (χ0v) is 15.1. The summed E-state index contributed by atoms with van der Waals surface area (Å²) in [7, 11) is 0. The molecule has 4 rings (SSSR count). The third kappa shape index (κ3) is 3.52. The predicted molar refractivity (Wildman–Crippen MR) is 102 cm³/mol. The summed E-state index contributed by atoms with van der Waals surface area (Å²) in [6, 6.07) is 19.8. The summed E-state index contributed by atoms with van der Waals surface area (Å²) >= 11 is 0. The van der Waals surface area contributed by atoms with Crippen LogP contribution in [0.3, 0.4) is 0 Å². The van der Waals surface area contributed by atoms with Gasteiger partial charge in [0.1, 0.15) is 18.6 Å². The number of hydrogen-bond donors (Lipinski definition) is 0. The van der Waals surface area contributed by atoms with Crippen molar-refractivity contribution in [1.82, 2.24) is 4.98 Å². The monoisotopic (exact) mass is 379 g/mol. The average Bonchev–Trinajstić information content (AvgIpc) is 2.71. The van der Waals surface area contributed by atoms with Crippen molar-refractivity contribution in [3.63, 3.8) is 0 Å². The van der Waals surface area contributed by atoms with E-state index in [9.17, 15) is 13.6 Å². The lowest BCUT2D eigenvalue weighted by Gasteiger charge is -2.48. The minimum atomic E-state index is -2.68. The van der Waals surface area contributed by atoms with Gasteiger partial charge in [-0.15, -0.1) is 0 Å². The van der Waals surface area contributed by atoms with Crippen LogP contribution in [0, 0.1) is 0 Å². The lowest BCUT2D eigenvalue weighted by atomic mass is 9.58. The van der Waals surface area contributed by atoms with Gasteiger partial charge < -0.3 is 4.74 Å². The number of aldehydes is 1. The third-order valence-electron chi connectivity index (χ3n) is 5.24. The Kier molecular flexibility index (Phi) is 4.67. The minimum absolute atomic E-state index is 0.241. The van der Waals surface area contributed by atoms with Gasteiger partial charge in [0.15, 0.2) is 0 Å². The van der Waals surface area contributed by atoms with E-state index in [0.717, 1.165) is 23.1 Å². The molecule has 0 amide bonds. The van der Waals surface area contributed by atoms with E-state index in [0.29, 0.717) is 17.9 Å². The first kappa shape index (κ1) is 18.3. The third-order valence-corrected chi connectivity index (χ3v) is 5.24. The van der Waals surface area contributed by atoms with E-state index in [1.54, 1.807) is 42.6 Å². The molecule has 1 aromatic heterocycles. The second-order valence-corrected chi connectivity index (χ2v) is 7.17. The van der Waals surface area contributed by atoms with Gasteiger partial charge >= 0.3 is 0 Å². The first-order valence-electron chi connectivity index (χ1n) is 9.08. The van der Waals surface area contributed by atoms with Crippen LogP contribution < -0.4 is 4.74 Å². The van der Waals surface area contributed by atoms with E-state index in [1.165, 1.54) is 0 Å². The van der Waals surface area contributed by atoms with Crippen molar-refractivity contribution in [3.05, 3.63) is 95.3 Å².